The van der Waals surface area contributed by atoms with Gasteiger partial charge in [0.25, 0.3) is 0 Å². The number of ether oxygens (including phenoxy) is 1. The maximum absolute atomic E-state index is 12.9. The van der Waals surface area contributed by atoms with Crippen molar-refractivity contribution in [2.24, 2.45) is 10.9 Å². The third-order valence-electron chi connectivity index (χ3n) is 4.44. The van der Waals surface area contributed by atoms with E-state index in [1.807, 2.05) is 6.92 Å². The molecule has 1 aliphatic rings. The number of aliphatic imine (C=N–C) groups is 1. The highest BCUT2D eigenvalue weighted by Crippen LogP contribution is 2.13. The number of nitrogens with one attached hydrogen (secondary N) is 2. The number of aromatic nitrogens is 2. The van der Waals surface area contributed by atoms with E-state index in [0.29, 0.717) is 24.5 Å². The lowest BCUT2D eigenvalue weighted by molar-refractivity contribution is 0.00752. The van der Waals surface area contributed by atoms with Gasteiger partial charge in [0.15, 0.2) is 5.96 Å². The van der Waals surface area contributed by atoms with E-state index in [1.54, 1.807) is 0 Å². The van der Waals surface area contributed by atoms with Gasteiger partial charge in [-0.15, -0.1) is 24.0 Å². The molecule has 0 aromatic carbocycles. The second-order valence-electron chi connectivity index (χ2n) is 6.56. The molecule has 156 valence electrons. The Bertz CT molecular complexity index is 563. The van der Waals surface area contributed by atoms with Gasteiger partial charge in [-0.3, -0.25) is 9.47 Å². The number of halogens is 3. The summed E-state index contributed by atoms with van der Waals surface area (Å²) in [5.41, 5.74) is 0. The maximum atomic E-state index is 12.9. The normalized spacial score (nSPS) is 17.1. The monoisotopic (exact) mass is 500 g/mol. The molecule has 1 saturated heterocycles. The molecule has 1 unspecified atom stereocenters. The summed E-state index contributed by atoms with van der Waals surface area (Å²) >= 11 is 0. The van der Waals surface area contributed by atoms with E-state index < -0.39 is 6.55 Å². The number of hydrogen-bond acceptors (Lipinski definition) is 4. The molecular weight excluding hydrogens is 469 g/mol. The van der Waals surface area contributed by atoms with Crippen molar-refractivity contribution in [1.29, 1.82) is 0 Å². The Morgan fingerprint density at radius 2 is 2.00 bits per heavy atom. The molecule has 0 bridgehead atoms. The fourth-order valence-corrected chi connectivity index (χ4v) is 3.03. The van der Waals surface area contributed by atoms with Crippen LogP contribution in [0.2, 0.25) is 0 Å². The zero-order valence-electron chi connectivity index (χ0n) is 16.2. The van der Waals surface area contributed by atoms with Crippen molar-refractivity contribution in [2.45, 2.75) is 39.9 Å². The summed E-state index contributed by atoms with van der Waals surface area (Å²) in [5, 5.41) is 6.50. The van der Waals surface area contributed by atoms with Crippen LogP contribution in [0.4, 0.5) is 8.78 Å². The van der Waals surface area contributed by atoms with Crippen LogP contribution in [0, 0.1) is 5.92 Å². The van der Waals surface area contributed by atoms with Crippen LogP contribution in [0.1, 0.15) is 33.1 Å². The first-order chi connectivity index (χ1) is 12.5. The predicted octanol–water partition coefficient (Wildman–Crippen LogP) is 2.31. The van der Waals surface area contributed by atoms with Gasteiger partial charge in [0, 0.05) is 44.6 Å². The number of rotatable bonds is 8. The van der Waals surface area contributed by atoms with Crippen molar-refractivity contribution >= 4 is 29.9 Å². The smallest absolute Gasteiger partial charge is 0.319 e. The van der Waals surface area contributed by atoms with E-state index in [1.165, 1.54) is 12.4 Å². The fourth-order valence-electron chi connectivity index (χ4n) is 3.03. The molecule has 0 spiro atoms. The Hall–Kier alpha value is -1.01. The van der Waals surface area contributed by atoms with Crippen molar-refractivity contribution < 1.29 is 13.5 Å². The van der Waals surface area contributed by atoms with E-state index in [9.17, 15) is 8.78 Å². The third-order valence-corrected chi connectivity index (χ3v) is 4.44. The van der Waals surface area contributed by atoms with Gasteiger partial charge in [0.2, 0.25) is 0 Å². The van der Waals surface area contributed by atoms with Gasteiger partial charge in [0.1, 0.15) is 12.4 Å². The summed E-state index contributed by atoms with van der Waals surface area (Å²) in [6.45, 7) is 8.64. The molecule has 10 heteroatoms. The van der Waals surface area contributed by atoms with Crippen molar-refractivity contribution in [1.82, 2.24) is 25.1 Å². The van der Waals surface area contributed by atoms with Gasteiger partial charge in [-0.2, -0.15) is 8.78 Å². The molecular formula is C17H31F2IN6O. The van der Waals surface area contributed by atoms with Gasteiger partial charge < -0.3 is 15.4 Å². The molecule has 0 amide bonds. The van der Waals surface area contributed by atoms with Gasteiger partial charge >= 0.3 is 6.55 Å². The average Bonchev–Trinajstić information content (AvgIpc) is 3.09. The van der Waals surface area contributed by atoms with Crippen LogP contribution in [0.5, 0.6) is 0 Å². The van der Waals surface area contributed by atoms with Gasteiger partial charge in [-0.1, -0.05) is 13.8 Å². The van der Waals surface area contributed by atoms with E-state index >= 15 is 0 Å². The molecule has 2 rings (SSSR count). The van der Waals surface area contributed by atoms with Crippen LogP contribution < -0.4 is 10.6 Å². The van der Waals surface area contributed by atoms with Gasteiger partial charge in [-0.05, 0) is 12.8 Å². The highest BCUT2D eigenvalue weighted by molar-refractivity contribution is 14.0. The van der Waals surface area contributed by atoms with Crippen LogP contribution in [-0.4, -0.2) is 65.8 Å². The SMILES string of the molecule is CCNC(=NCc1nccn1C(F)F)NCC(C(C)C)N1CCOCC1.I. The summed E-state index contributed by atoms with van der Waals surface area (Å²) in [6, 6.07) is 0.353. The van der Waals surface area contributed by atoms with Crippen molar-refractivity contribution in [3.63, 3.8) is 0 Å². The van der Waals surface area contributed by atoms with Crippen LogP contribution in [0.3, 0.4) is 0 Å². The number of imidazole rings is 1. The molecule has 0 radical (unpaired) electrons. The highest BCUT2D eigenvalue weighted by Gasteiger charge is 2.23. The number of guanidine groups is 1. The lowest BCUT2D eigenvalue weighted by Crippen LogP contribution is -2.52. The van der Waals surface area contributed by atoms with E-state index in [2.05, 4.69) is 39.4 Å². The lowest BCUT2D eigenvalue weighted by Gasteiger charge is -2.37. The molecule has 1 aromatic rings. The highest BCUT2D eigenvalue weighted by atomic mass is 127. The lowest BCUT2D eigenvalue weighted by atomic mass is 10.0. The molecule has 0 saturated carbocycles. The largest absolute Gasteiger partial charge is 0.379 e. The van der Waals surface area contributed by atoms with Crippen molar-refractivity contribution in [3.05, 3.63) is 18.2 Å². The van der Waals surface area contributed by atoms with Crippen molar-refractivity contribution in [3.8, 4) is 0 Å². The standard InChI is InChI=1S/C17H30F2N6O.HI/c1-4-20-17(23-12-15-21-5-6-25(15)16(18)19)22-11-14(13(2)3)24-7-9-26-10-8-24;/h5-6,13-14,16H,4,7-12H2,1-3H3,(H2,20,22,23);1H. The predicted molar refractivity (Wildman–Crippen MR) is 113 cm³/mol. The molecule has 1 atom stereocenters. The first kappa shape index (κ1) is 24.0. The summed E-state index contributed by atoms with van der Waals surface area (Å²) in [7, 11) is 0. The molecule has 2 heterocycles. The van der Waals surface area contributed by atoms with E-state index in [0.717, 1.165) is 37.4 Å². The molecule has 1 fully saturated rings. The Balaban J connectivity index is 0.00000364. The Labute approximate surface area is 177 Å². The van der Waals surface area contributed by atoms with Crippen molar-refractivity contribution in [2.75, 3.05) is 39.4 Å². The van der Waals surface area contributed by atoms with Gasteiger partial charge in [0.05, 0.1) is 13.2 Å². The maximum Gasteiger partial charge on any atom is 0.319 e. The number of morpholine rings is 1. The minimum Gasteiger partial charge on any atom is -0.379 e. The number of alkyl halides is 2. The molecule has 2 N–H and O–H groups in total. The van der Waals surface area contributed by atoms with Gasteiger partial charge in [-0.25, -0.2) is 9.98 Å². The number of hydrogen-bond donors (Lipinski definition) is 2. The molecule has 7 nitrogen and oxygen atoms in total. The first-order valence-corrected chi connectivity index (χ1v) is 9.16. The molecule has 27 heavy (non-hydrogen) atoms. The van der Waals surface area contributed by atoms with Crippen LogP contribution in [0.15, 0.2) is 17.4 Å². The Morgan fingerprint density at radius 3 is 2.59 bits per heavy atom. The summed E-state index contributed by atoms with van der Waals surface area (Å²) in [6.07, 6.45) is 2.63. The van der Waals surface area contributed by atoms with Crippen LogP contribution in [-0.2, 0) is 11.3 Å². The molecule has 0 aliphatic carbocycles. The molecule has 1 aliphatic heterocycles. The Kier molecular flexibility index (Phi) is 11.1. The summed E-state index contributed by atoms with van der Waals surface area (Å²) < 4.78 is 32.1. The second kappa shape index (κ2) is 12.4. The minimum absolute atomic E-state index is 0. The van der Waals surface area contributed by atoms with Crippen LogP contribution in [0.25, 0.3) is 0 Å². The summed E-state index contributed by atoms with van der Waals surface area (Å²) in [5.74, 6) is 1.32. The molecule has 1 aromatic heterocycles. The first-order valence-electron chi connectivity index (χ1n) is 9.16. The topological polar surface area (TPSA) is 66.7 Å². The summed E-state index contributed by atoms with van der Waals surface area (Å²) in [4.78, 5) is 10.8. The zero-order chi connectivity index (χ0) is 18.9. The van der Waals surface area contributed by atoms with E-state index in [4.69, 9.17) is 4.74 Å². The number of nitrogens with zero attached hydrogens (tertiary/aromatic N) is 4. The van der Waals surface area contributed by atoms with E-state index in [-0.39, 0.29) is 36.3 Å². The average molecular weight is 500 g/mol. The quantitative estimate of drug-likeness (QED) is 0.326. The third kappa shape index (κ3) is 7.49. The second-order valence-corrected chi connectivity index (χ2v) is 6.56. The van der Waals surface area contributed by atoms with Crippen LogP contribution >= 0.6 is 24.0 Å². The minimum atomic E-state index is -2.61. The Morgan fingerprint density at radius 1 is 1.30 bits per heavy atom. The fraction of sp³-hybridized carbons (Fsp3) is 0.765. The zero-order valence-corrected chi connectivity index (χ0v) is 18.5.